The average molecular weight is 421 g/mol. The van der Waals surface area contributed by atoms with E-state index in [2.05, 4.69) is 24.3 Å². The van der Waals surface area contributed by atoms with Crippen molar-refractivity contribution in [1.29, 1.82) is 0 Å². The Labute approximate surface area is 183 Å². The standard InChI is InChI=1S/C27H29FO3/c1-29-27(18-21-7-12-26(17-21)31-25-15-10-23(28)11-16-25)22-8-13-24(14-9-22)30-19-20-5-3-2-4-6-20/h2-6,8-11,13-16,21,26-27H,7,12,17-19H2,1H3/t21-,26-,27?/m0/s1. The molecule has 0 aromatic heterocycles. The number of hydrogen-bond acceptors (Lipinski definition) is 3. The molecule has 3 aromatic carbocycles. The van der Waals surface area contributed by atoms with E-state index in [0.717, 1.165) is 48.3 Å². The molecule has 0 spiro atoms. The average Bonchev–Trinajstić information content (AvgIpc) is 3.25. The Morgan fingerprint density at radius 3 is 2.29 bits per heavy atom. The number of benzene rings is 3. The van der Waals surface area contributed by atoms with Crippen molar-refractivity contribution in [2.24, 2.45) is 5.92 Å². The predicted molar refractivity (Wildman–Crippen MR) is 120 cm³/mol. The third-order valence-corrected chi connectivity index (χ3v) is 5.94. The molecule has 1 aliphatic carbocycles. The lowest BCUT2D eigenvalue weighted by Gasteiger charge is -2.20. The minimum atomic E-state index is -0.240. The van der Waals surface area contributed by atoms with Crippen LogP contribution in [0.15, 0.2) is 78.9 Å². The smallest absolute Gasteiger partial charge is 0.123 e. The highest BCUT2D eigenvalue weighted by Crippen LogP contribution is 2.36. The summed E-state index contributed by atoms with van der Waals surface area (Å²) in [5.74, 6) is 1.90. The zero-order valence-corrected chi connectivity index (χ0v) is 17.9. The van der Waals surface area contributed by atoms with E-state index in [1.54, 1.807) is 19.2 Å². The molecular formula is C27H29FO3. The number of methoxy groups -OCH3 is 1. The summed E-state index contributed by atoms with van der Waals surface area (Å²) < 4.78 is 30.8. The molecule has 0 amide bonds. The summed E-state index contributed by atoms with van der Waals surface area (Å²) in [6, 6.07) is 24.6. The van der Waals surface area contributed by atoms with Crippen LogP contribution in [0.25, 0.3) is 0 Å². The van der Waals surface area contributed by atoms with E-state index in [1.165, 1.54) is 12.1 Å². The van der Waals surface area contributed by atoms with Gasteiger partial charge in [0.25, 0.3) is 0 Å². The van der Waals surface area contributed by atoms with Gasteiger partial charge in [-0.25, -0.2) is 4.39 Å². The Morgan fingerprint density at radius 2 is 1.58 bits per heavy atom. The highest BCUT2D eigenvalue weighted by Gasteiger charge is 2.29. The van der Waals surface area contributed by atoms with Crippen molar-refractivity contribution in [2.45, 2.75) is 44.5 Å². The maximum absolute atomic E-state index is 13.1. The van der Waals surface area contributed by atoms with Gasteiger partial charge in [0.2, 0.25) is 0 Å². The first kappa shape index (κ1) is 21.4. The quantitative estimate of drug-likeness (QED) is 0.384. The van der Waals surface area contributed by atoms with Gasteiger partial charge < -0.3 is 14.2 Å². The van der Waals surface area contributed by atoms with E-state index in [0.29, 0.717) is 12.5 Å². The molecule has 0 N–H and O–H groups in total. The van der Waals surface area contributed by atoms with Gasteiger partial charge in [0, 0.05) is 7.11 Å². The highest BCUT2D eigenvalue weighted by atomic mass is 19.1. The van der Waals surface area contributed by atoms with Crippen LogP contribution in [0.3, 0.4) is 0 Å². The molecule has 3 atom stereocenters. The molecule has 1 unspecified atom stereocenters. The SMILES string of the molecule is COC(C[C@H]1CC[C@H](Oc2ccc(F)cc2)C1)c1ccc(OCc2ccccc2)cc1. The molecule has 31 heavy (non-hydrogen) atoms. The Hall–Kier alpha value is -2.85. The molecule has 3 nitrogen and oxygen atoms in total. The van der Waals surface area contributed by atoms with E-state index >= 15 is 0 Å². The lowest BCUT2D eigenvalue weighted by molar-refractivity contribution is 0.0785. The van der Waals surface area contributed by atoms with Gasteiger partial charge in [-0.3, -0.25) is 0 Å². The maximum atomic E-state index is 13.1. The molecule has 1 fully saturated rings. The monoisotopic (exact) mass is 420 g/mol. The topological polar surface area (TPSA) is 27.7 Å². The maximum Gasteiger partial charge on any atom is 0.123 e. The Balaban J connectivity index is 1.28. The van der Waals surface area contributed by atoms with Gasteiger partial charge in [0.1, 0.15) is 23.9 Å². The largest absolute Gasteiger partial charge is 0.490 e. The number of halogens is 1. The summed E-state index contributed by atoms with van der Waals surface area (Å²) in [6.07, 6.45) is 4.33. The van der Waals surface area contributed by atoms with Crippen molar-refractivity contribution < 1.29 is 18.6 Å². The Kier molecular flexibility index (Phi) is 7.21. The Bertz CT molecular complexity index is 925. The van der Waals surface area contributed by atoms with Gasteiger partial charge >= 0.3 is 0 Å². The zero-order valence-electron chi connectivity index (χ0n) is 17.9. The molecule has 1 aliphatic rings. The van der Waals surface area contributed by atoms with E-state index < -0.39 is 0 Å². The summed E-state index contributed by atoms with van der Waals surface area (Å²) in [6.45, 7) is 0.561. The van der Waals surface area contributed by atoms with E-state index in [-0.39, 0.29) is 18.0 Å². The number of hydrogen-bond donors (Lipinski definition) is 0. The summed E-state index contributed by atoms with van der Waals surface area (Å²) in [7, 11) is 1.77. The fourth-order valence-electron chi connectivity index (χ4n) is 4.25. The Morgan fingerprint density at radius 1 is 0.871 bits per heavy atom. The van der Waals surface area contributed by atoms with Crippen LogP contribution in [0.4, 0.5) is 4.39 Å². The summed E-state index contributed by atoms with van der Waals surface area (Å²) in [5.41, 5.74) is 2.32. The molecule has 0 bridgehead atoms. The third-order valence-electron chi connectivity index (χ3n) is 5.94. The van der Waals surface area contributed by atoms with Crippen LogP contribution < -0.4 is 9.47 Å². The number of ether oxygens (including phenoxy) is 3. The van der Waals surface area contributed by atoms with Crippen LogP contribution in [-0.2, 0) is 11.3 Å². The molecule has 162 valence electrons. The normalized spacial score (nSPS) is 19.2. The van der Waals surface area contributed by atoms with Crippen LogP contribution >= 0.6 is 0 Å². The van der Waals surface area contributed by atoms with Gasteiger partial charge in [-0.1, -0.05) is 42.5 Å². The van der Waals surface area contributed by atoms with Crippen LogP contribution in [-0.4, -0.2) is 13.2 Å². The number of rotatable bonds is 9. The van der Waals surface area contributed by atoms with Gasteiger partial charge in [-0.2, -0.15) is 0 Å². The molecule has 4 rings (SSSR count). The fraction of sp³-hybridized carbons (Fsp3) is 0.333. The van der Waals surface area contributed by atoms with Gasteiger partial charge in [-0.15, -0.1) is 0 Å². The minimum Gasteiger partial charge on any atom is -0.490 e. The van der Waals surface area contributed by atoms with E-state index in [1.807, 2.05) is 30.3 Å². The van der Waals surface area contributed by atoms with Crippen LogP contribution in [0.2, 0.25) is 0 Å². The van der Waals surface area contributed by atoms with Crippen molar-refractivity contribution in [3.05, 3.63) is 95.8 Å². The zero-order chi connectivity index (χ0) is 21.5. The third kappa shape index (κ3) is 6.08. The molecule has 0 aliphatic heterocycles. The van der Waals surface area contributed by atoms with Crippen LogP contribution in [0.1, 0.15) is 42.9 Å². The molecular weight excluding hydrogens is 391 g/mol. The molecule has 1 saturated carbocycles. The van der Waals surface area contributed by atoms with Crippen molar-refractivity contribution in [3.63, 3.8) is 0 Å². The first-order valence-electron chi connectivity index (χ1n) is 10.9. The van der Waals surface area contributed by atoms with Gasteiger partial charge in [0.15, 0.2) is 0 Å². The second kappa shape index (κ2) is 10.5. The fourth-order valence-corrected chi connectivity index (χ4v) is 4.25. The van der Waals surface area contributed by atoms with E-state index in [4.69, 9.17) is 14.2 Å². The molecule has 3 aromatic rings. The van der Waals surface area contributed by atoms with Crippen LogP contribution in [0.5, 0.6) is 11.5 Å². The van der Waals surface area contributed by atoms with Crippen molar-refractivity contribution in [2.75, 3.05) is 7.11 Å². The lowest BCUT2D eigenvalue weighted by atomic mass is 9.95. The summed E-state index contributed by atoms with van der Waals surface area (Å²) >= 11 is 0. The molecule has 0 radical (unpaired) electrons. The summed E-state index contributed by atoms with van der Waals surface area (Å²) in [5, 5.41) is 0. The van der Waals surface area contributed by atoms with Gasteiger partial charge in [-0.05, 0) is 79.1 Å². The molecule has 4 heteroatoms. The predicted octanol–water partition coefficient (Wildman–Crippen LogP) is 6.73. The van der Waals surface area contributed by atoms with Crippen molar-refractivity contribution in [1.82, 2.24) is 0 Å². The lowest BCUT2D eigenvalue weighted by Crippen LogP contribution is -2.13. The highest BCUT2D eigenvalue weighted by molar-refractivity contribution is 5.29. The van der Waals surface area contributed by atoms with Gasteiger partial charge in [0.05, 0.1) is 12.2 Å². The second-order valence-electron chi connectivity index (χ2n) is 8.18. The van der Waals surface area contributed by atoms with Crippen LogP contribution in [0, 0.1) is 11.7 Å². The summed E-state index contributed by atoms with van der Waals surface area (Å²) in [4.78, 5) is 0. The molecule has 0 saturated heterocycles. The van der Waals surface area contributed by atoms with Crippen molar-refractivity contribution >= 4 is 0 Å². The first-order chi connectivity index (χ1) is 15.2. The molecule has 0 heterocycles. The first-order valence-corrected chi connectivity index (χ1v) is 10.9. The van der Waals surface area contributed by atoms with Crippen molar-refractivity contribution in [3.8, 4) is 11.5 Å². The van der Waals surface area contributed by atoms with E-state index in [9.17, 15) is 4.39 Å². The minimum absolute atomic E-state index is 0.0535. The second-order valence-corrected chi connectivity index (χ2v) is 8.18.